The molecule has 0 aliphatic carbocycles. The zero-order valence-corrected chi connectivity index (χ0v) is 14.6. The standard InChI is InChI=1S/C15H15BrClNO2S/c1-21(19,20)13-5-2-11(3-6-13)9-18-10-12-4-7-14(16)15(17)8-12/h2-8,18H,9-10H2,1H3. The monoisotopic (exact) mass is 387 g/mol. The molecular formula is C15H15BrClNO2S. The van der Waals surface area contributed by atoms with Crippen LogP contribution in [0.1, 0.15) is 11.1 Å². The van der Waals surface area contributed by atoms with E-state index >= 15 is 0 Å². The number of benzene rings is 2. The molecule has 0 aromatic heterocycles. The summed E-state index contributed by atoms with van der Waals surface area (Å²) in [7, 11) is -3.13. The van der Waals surface area contributed by atoms with Crippen molar-refractivity contribution in [2.45, 2.75) is 18.0 Å². The number of rotatable bonds is 5. The lowest BCUT2D eigenvalue weighted by Gasteiger charge is -2.07. The first-order valence-corrected chi connectivity index (χ1v) is 9.36. The van der Waals surface area contributed by atoms with Crippen LogP contribution in [0.2, 0.25) is 5.02 Å². The van der Waals surface area contributed by atoms with Crippen LogP contribution >= 0.6 is 27.5 Å². The Labute approximate surface area is 138 Å². The quantitative estimate of drug-likeness (QED) is 0.847. The summed E-state index contributed by atoms with van der Waals surface area (Å²) < 4.78 is 23.6. The Kier molecular flexibility index (Phi) is 5.43. The molecule has 1 N–H and O–H groups in total. The van der Waals surface area contributed by atoms with Gasteiger partial charge in [0.25, 0.3) is 0 Å². The molecule has 0 heterocycles. The lowest BCUT2D eigenvalue weighted by atomic mass is 10.2. The van der Waals surface area contributed by atoms with Crippen LogP contribution in [0.25, 0.3) is 0 Å². The molecule has 0 saturated carbocycles. The van der Waals surface area contributed by atoms with Gasteiger partial charge >= 0.3 is 0 Å². The van der Waals surface area contributed by atoms with Crippen LogP contribution in [0.5, 0.6) is 0 Å². The Balaban J connectivity index is 1.93. The average Bonchev–Trinajstić information content (AvgIpc) is 2.42. The summed E-state index contributed by atoms with van der Waals surface area (Å²) in [4.78, 5) is 0.339. The lowest BCUT2D eigenvalue weighted by Crippen LogP contribution is -2.12. The molecule has 112 valence electrons. The summed E-state index contributed by atoms with van der Waals surface area (Å²) in [5.74, 6) is 0. The summed E-state index contributed by atoms with van der Waals surface area (Å²) in [5, 5.41) is 3.99. The first kappa shape index (κ1) is 16.5. The molecule has 0 bridgehead atoms. The summed E-state index contributed by atoms with van der Waals surface area (Å²) in [6, 6.07) is 12.7. The first-order valence-electron chi connectivity index (χ1n) is 6.30. The maximum atomic E-state index is 11.4. The predicted octanol–water partition coefficient (Wildman–Crippen LogP) is 3.80. The summed E-state index contributed by atoms with van der Waals surface area (Å²) in [5.41, 5.74) is 2.13. The molecule has 0 unspecified atom stereocenters. The van der Waals surface area contributed by atoms with Crippen molar-refractivity contribution in [1.82, 2.24) is 5.32 Å². The molecule has 0 atom stereocenters. The van der Waals surface area contributed by atoms with Crippen molar-refractivity contribution in [1.29, 1.82) is 0 Å². The van der Waals surface area contributed by atoms with E-state index in [-0.39, 0.29) is 0 Å². The minimum absolute atomic E-state index is 0.339. The Morgan fingerprint density at radius 2 is 1.62 bits per heavy atom. The highest BCUT2D eigenvalue weighted by molar-refractivity contribution is 9.10. The first-order chi connectivity index (χ1) is 9.86. The molecule has 21 heavy (non-hydrogen) atoms. The Morgan fingerprint density at radius 3 is 2.19 bits per heavy atom. The van der Waals surface area contributed by atoms with Gasteiger partial charge in [0.1, 0.15) is 0 Å². The van der Waals surface area contributed by atoms with Crippen LogP contribution in [-0.4, -0.2) is 14.7 Å². The third-order valence-corrected chi connectivity index (χ3v) is 5.35. The SMILES string of the molecule is CS(=O)(=O)c1ccc(CNCc2ccc(Br)c(Cl)c2)cc1. The molecular weight excluding hydrogens is 374 g/mol. The molecule has 2 rings (SSSR count). The second kappa shape index (κ2) is 6.92. The fourth-order valence-electron chi connectivity index (χ4n) is 1.86. The van der Waals surface area contributed by atoms with E-state index in [0.29, 0.717) is 23.0 Å². The highest BCUT2D eigenvalue weighted by Gasteiger charge is 2.06. The van der Waals surface area contributed by atoms with Gasteiger partial charge in [-0.3, -0.25) is 0 Å². The third-order valence-electron chi connectivity index (χ3n) is 2.99. The Bertz CT molecular complexity index is 730. The lowest BCUT2D eigenvalue weighted by molar-refractivity contribution is 0.602. The van der Waals surface area contributed by atoms with Gasteiger partial charge in [-0.15, -0.1) is 0 Å². The van der Waals surface area contributed by atoms with Crippen LogP contribution in [0, 0.1) is 0 Å². The molecule has 2 aromatic rings. The van der Waals surface area contributed by atoms with Gasteiger partial charge < -0.3 is 5.32 Å². The van der Waals surface area contributed by atoms with Gasteiger partial charge in [-0.1, -0.05) is 29.8 Å². The van der Waals surface area contributed by atoms with E-state index in [4.69, 9.17) is 11.6 Å². The molecule has 0 fully saturated rings. The smallest absolute Gasteiger partial charge is 0.175 e. The number of hydrogen-bond donors (Lipinski definition) is 1. The molecule has 0 aliphatic rings. The number of hydrogen-bond acceptors (Lipinski definition) is 3. The Morgan fingerprint density at radius 1 is 1.05 bits per heavy atom. The zero-order chi connectivity index (χ0) is 15.5. The van der Waals surface area contributed by atoms with E-state index < -0.39 is 9.84 Å². The number of nitrogens with one attached hydrogen (secondary N) is 1. The topological polar surface area (TPSA) is 46.2 Å². The molecule has 3 nitrogen and oxygen atoms in total. The highest BCUT2D eigenvalue weighted by Crippen LogP contribution is 2.23. The fraction of sp³-hybridized carbons (Fsp3) is 0.200. The highest BCUT2D eigenvalue weighted by atomic mass is 79.9. The van der Waals surface area contributed by atoms with Gasteiger partial charge in [-0.2, -0.15) is 0 Å². The summed E-state index contributed by atoms with van der Waals surface area (Å²) in [6.07, 6.45) is 1.21. The molecule has 0 aliphatic heterocycles. The zero-order valence-electron chi connectivity index (χ0n) is 11.4. The van der Waals surface area contributed by atoms with Crippen LogP contribution in [-0.2, 0) is 22.9 Å². The van der Waals surface area contributed by atoms with E-state index in [1.54, 1.807) is 12.1 Å². The van der Waals surface area contributed by atoms with Crippen LogP contribution in [0.15, 0.2) is 51.8 Å². The summed E-state index contributed by atoms with van der Waals surface area (Å²) >= 11 is 9.39. The maximum Gasteiger partial charge on any atom is 0.175 e. The van der Waals surface area contributed by atoms with Gasteiger partial charge in [-0.05, 0) is 51.3 Å². The number of halogens is 2. The van der Waals surface area contributed by atoms with Crippen molar-refractivity contribution in [2.75, 3.05) is 6.26 Å². The third kappa shape index (κ3) is 4.81. The largest absolute Gasteiger partial charge is 0.309 e. The number of sulfone groups is 1. The molecule has 0 spiro atoms. The van der Waals surface area contributed by atoms with Crippen LogP contribution in [0.3, 0.4) is 0 Å². The molecule has 6 heteroatoms. The van der Waals surface area contributed by atoms with E-state index in [2.05, 4.69) is 21.2 Å². The van der Waals surface area contributed by atoms with Crippen molar-refractivity contribution < 1.29 is 8.42 Å². The van der Waals surface area contributed by atoms with Gasteiger partial charge in [0.05, 0.1) is 9.92 Å². The van der Waals surface area contributed by atoms with Crippen molar-refractivity contribution >= 4 is 37.4 Å². The van der Waals surface area contributed by atoms with E-state index in [1.807, 2.05) is 30.3 Å². The van der Waals surface area contributed by atoms with Gasteiger partial charge in [-0.25, -0.2) is 8.42 Å². The molecule has 0 saturated heterocycles. The van der Waals surface area contributed by atoms with Crippen molar-refractivity contribution in [3.63, 3.8) is 0 Å². The molecule has 2 aromatic carbocycles. The van der Waals surface area contributed by atoms with Gasteiger partial charge in [0.2, 0.25) is 0 Å². The molecule has 0 radical (unpaired) electrons. The minimum atomic E-state index is -3.13. The fourth-order valence-corrected chi connectivity index (χ4v) is 2.94. The normalized spacial score (nSPS) is 11.6. The van der Waals surface area contributed by atoms with Crippen LogP contribution in [0.4, 0.5) is 0 Å². The van der Waals surface area contributed by atoms with Crippen molar-refractivity contribution in [3.8, 4) is 0 Å². The van der Waals surface area contributed by atoms with E-state index in [9.17, 15) is 8.42 Å². The average molecular weight is 389 g/mol. The predicted molar refractivity (Wildman–Crippen MR) is 89.2 cm³/mol. The van der Waals surface area contributed by atoms with E-state index in [0.717, 1.165) is 15.6 Å². The molecule has 0 amide bonds. The van der Waals surface area contributed by atoms with Gasteiger partial charge in [0.15, 0.2) is 9.84 Å². The second-order valence-electron chi connectivity index (χ2n) is 4.77. The second-order valence-corrected chi connectivity index (χ2v) is 8.05. The van der Waals surface area contributed by atoms with Gasteiger partial charge in [0, 0.05) is 23.8 Å². The minimum Gasteiger partial charge on any atom is -0.309 e. The van der Waals surface area contributed by atoms with Crippen molar-refractivity contribution in [2.24, 2.45) is 0 Å². The van der Waals surface area contributed by atoms with E-state index in [1.165, 1.54) is 6.26 Å². The maximum absolute atomic E-state index is 11.4. The summed E-state index contributed by atoms with van der Waals surface area (Å²) in [6.45, 7) is 1.36. The van der Waals surface area contributed by atoms with Crippen LogP contribution < -0.4 is 5.32 Å². The van der Waals surface area contributed by atoms with Crippen molar-refractivity contribution in [3.05, 3.63) is 63.1 Å². The Hall–Kier alpha value is -0.880.